The van der Waals surface area contributed by atoms with Crippen LogP contribution in [0, 0.1) is 6.92 Å². The van der Waals surface area contributed by atoms with Crippen molar-refractivity contribution in [2.24, 2.45) is 4.99 Å². The van der Waals surface area contributed by atoms with Gasteiger partial charge < -0.3 is 15.0 Å². The summed E-state index contributed by atoms with van der Waals surface area (Å²) in [5, 5.41) is 3.52. The van der Waals surface area contributed by atoms with Crippen LogP contribution in [0.4, 0.5) is 0 Å². The normalized spacial score (nSPS) is 22.3. The van der Waals surface area contributed by atoms with Crippen molar-refractivity contribution in [1.29, 1.82) is 0 Å². The lowest BCUT2D eigenvalue weighted by molar-refractivity contribution is 0.0195. The largest absolute Gasteiger partial charge is 0.379 e. The van der Waals surface area contributed by atoms with E-state index in [4.69, 9.17) is 9.73 Å². The summed E-state index contributed by atoms with van der Waals surface area (Å²) >= 11 is 0. The number of morpholine rings is 1. The molecule has 0 spiro atoms. The van der Waals surface area contributed by atoms with Crippen molar-refractivity contribution in [3.63, 3.8) is 0 Å². The van der Waals surface area contributed by atoms with Gasteiger partial charge in [-0.1, -0.05) is 38.1 Å². The van der Waals surface area contributed by atoms with Crippen LogP contribution in [-0.2, 0) is 10.2 Å². The van der Waals surface area contributed by atoms with E-state index >= 15 is 0 Å². The summed E-state index contributed by atoms with van der Waals surface area (Å²) in [5.74, 6) is 1.06. The first kappa shape index (κ1) is 20.2. The van der Waals surface area contributed by atoms with Crippen LogP contribution in [0.5, 0.6) is 0 Å². The molecule has 2 aliphatic heterocycles. The van der Waals surface area contributed by atoms with E-state index in [1.807, 2.05) is 0 Å². The molecule has 0 aliphatic carbocycles. The van der Waals surface area contributed by atoms with Gasteiger partial charge in [0, 0.05) is 44.2 Å². The number of nitrogens with zero attached hydrogens (tertiary/aromatic N) is 3. The molecule has 1 aromatic rings. The Labute approximate surface area is 164 Å². The smallest absolute Gasteiger partial charge is 0.193 e. The number of ether oxygens (including phenoxy) is 1. The predicted molar refractivity (Wildman–Crippen MR) is 113 cm³/mol. The van der Waals surface area contributed by atoms with Crippen molar-refractivity contribution in [2.75, 3.05) is 52.5 Å². The topological polar surface area (TPSA) is 40.1 Å². The molecule has 2 heterocycles. The summed E-state index contributed by atoms with van der Waals surface area (Å²) in [6.07, 6.45) is 1.21. The van der Waals surface area contributed by atoms with E-state index in [0.29, 0.717) is 6.04 Å². The fraction of sp³-hybridized carbons (Fsp3) is 0.682. The van der Waals surface area contributed by atoms with E-state index < -0.39 is 0 Å². The molecular formula is C22H36N4O. The Morgan fingerprint density at radius 1 is 1.22 bits per heavy atom. The van der Waals surface area contributed by atoms with E-state index in [0.717, 1.165) is 58.4 Å². The van der Waals surface area contributed by atoms with Gasteiger partial charge in [-0.3, -0.25) is 9.89 Å². The lowest BCUT2D eigenvalue weighted by atomic mass is 9.82. The molecule has 0 aromatic heterocycles. The Balaban J connectivity index is 1.67. The van der Waals surface area contributed by atoms with Crippen molar-refractivity contribution in [3.05, 3.63) is 35.4 Å². The molecule has 3 rings (SSSR count). The van der Waals surface area contributed by atoms with E-state index in [2.05, 4.69) is 67.1 Å². The van der Waals surface area contributed by atoms with Gasteiger partial charge in [0.05, 0.1) is 19.8 Å². The third-order valence-corrected chi connectivity index (χ3v) is 5.86. The van der Waals surface area contributed by atoms with Crippen molar-refractivity contribution in [1.82, 2.24) is 15.1 Å². The molecule has 1 aromatic carbocycles. The van der Waals surface area contributed by atoms with Crippen molar-refractivity contribution >= 4 is 5.96 Å². The summed E-state index contributed by atoms with van der Waals surface area (Å²) < 4.78 is 5.51. The highest BCUT2D eigenvalue weighted by atomic mass is 16.5. The quantitative estimate of drug-likeness (QED) is 0.637. The number of benzene rings is 1. The number of guanidine groups is 1. The SMILES string of the molecule is CCNC(=NCC(C)(C)c1ccccc1C)N1CCC(N2CCOCC2)C1. The van der Waals surface area contributed by atoms with Crippen LogP contribution >= 0.6 is 0 Å². The van der Waals surface area contributed by atoms with Crippen LogP contribution in [0.1, 0.15) is 38.3 Å². The second-order valence-electron chi connectivity index (χ2n) is 8.41. The lowest BCUT2D eigenvalue weighted by Crippen LogP contribution is -2.47. The Morgan fingerprint density at radius 2 is 1.96 bits per heavy atom. The minimum absolute atomic E-state index is 0.0232. The zero-order valence-electron chi connectivity index (χ0n) is 17.5. The third kappa shape index (κ3) is 5.02. The maximum atomic E-state index is 5.51. The van der Waals surface area contributed by atoms with Crippen molar-refractivity contribution in [3.8, 4) is 0 Å². The first-order chi connectivity index (χ1) is 13.0. The molecule has 5 nitrogen and oxygen atoms in total. The first-order valence-electron chi connectivity index (χ1n) is 10.4. The van der Waals surface area contributed by atoms with Crippen LogP contribution in [0.25, 0.3) is 0 Å². The second kappa shape index (κ2) is 9.07. The standard InChI is InChI=1S/C22H36N4O/c1-5-23-21(24-17-22(3,4)20-9-7-6-8-18(20)2)26-11-10-19(16-26)25-12-14-27-15-13-25/h6-9,19H,5,10-17H2,1-4H3,(H,23,24). The van der Waals surface area contributed by atoms with Gasteiger partial charge in [0.15, 0.2) is 5.96 Å². The number of likely N-dealkylation sites (tertiary alicyclic amines) is 1. The molecule has 1 atom stereocenters. The van der Waals surface area contributed by atoms with E-state index in [-0.39, 0.29) is 5.41 Å². The number of hydrogen-bond donors (Lipinski definition) is 1. The molecule has 1 unspecified atom stereocenters. The molecular weight excluding hydrogens is 336 g/mol. The van der Waals surface area contributed by atoms with Crippen LogP contribution in [0.15, 0.2) is 29.3 Å². The predicted octanol–water partition coefficient (Wildman–Crippen LogP) is 2.64. The molecule has 2 fully saturated rings. The molecule has 5 heteroatoms. The van der Waals surface area contributed by atoms with Gasteiger partial charge >= 0.3 is 0 Å². The monoisotopic (exact) mass is 372 g/mol. The molecule has 0 radical (unpaired) electrons. The summed E-state index contributed by atoms with van der Waals surface area (Å²) in [4.78, 5) is 10.1. The zero-order chi connectivity index (χ0) is 19.3. The fourth-order valence-corrected chi connectivity index (χ4v) is 4.29. The molecule has 0 bridgehead atoms. The molecule has 1 N–H and O–H groups in total. The highest BCUT2D eigenvalue weighted by Gasteiger charge is 2.31. The van der Waals surface area contributed by atoms with Gasteiger partial charge in [0.2, 0.25) is 0 Å². The Hall–Kier alpha value is -1.59. The maximum absolute atomic E-state index is 5.51. The van der Waals surface area contributed by atoms with Crippen molar-refractivity contribution < 1.29 is 4.74 Å². The first-order valence-corrected chi connectivity index (χ1v) is 10.4. The average Bonchev–Trinajstić information content (AvgIpc) is 3.16. The number of hydrogen-bond acceptors (Lipinski definition) is 3. The van der Waals surface area contributed by atoms with Gasteiger partial charge in [0.25, 0.3) is 0 Å². The average molecular weight is 373 g/mol. The van der Waals surface area contributed by atoms with Crippen LogP contribution in [0.2, 0.25) is 0 Å². The van der Waals surface area contributed by atoms with Gasteiger partial charge in [-0.05, 0) is 31.4 Å². The molecule has 2 saturated heterocycles. The molecule has 150 valence electrons. The highest BCUT2D eigenvalue weighted by molar-refractivity contribution is 5.80. The molecule has 0 amide bonds. The zero-order valence-corrected chi connectivity index (χ0v) is 17.5. The number of aryl methyl sites for hydroxylation is 1. The Bertz CT molecular complexity index is 637. The molecule has 0 saturated carbocycles. The molecule has 2 aliphatic rings. The third-order valence-electron chi connectivity index (χ3n) is 5.86. The van der Waals surface area contributed by atoms with Gasteiger partial charge in [-0.25, -0.2) is 0 Å². The second-order valence-corrected chi connectivity index (χ2v) is 8.41. The Morgan fingerprint density at radius 3 is 2.67 bits per heavy atom. The summed E-state index contributed by atoms with van der Waals surface area (Å²) in [6, 6.07) is 9.30. The Kier molecular flexibility index (Phi) is 6.77. The maximum Gasteiger partial charge on any atom is 0.193 e. The van der Waals surface area contributed by atoms with Crippen LogP contribution < -0.4 is 5.32 Å². The number of rotatable bonds is 5. The van der Waals surface area contributed by atoms with Crippen LogP contribution in [-0.4, -0.2) is 74.3 Å². The van der Waals surface area contributed by atoms with E-state index in [1.54, 1.807) is 0 Å². The summed E-state index contributed by atoms with van der Waals surface area (Å²) in [5.41, 5.74) is 2.75. The van der Waals surface area contributed by atoms with Gasteiger partial charge in [-0.15, -0.1) is 0 Å². The van der Waals surface area contributed by atoms with Crippen LogP contribution in [0.3, 0.4) is 0 Å². The van der Waals surface area contributed by atoms with E-state index in [1.165, 1.54) is 17.5 Å². The number of nitrogens with one attached hydrogen (secondary N) is 1. The van der Waals surface area contributed by atoms with Crippen molar-refractivity contribution in [2.45, 2.75) is 45.6 Å². The molecule has 27 heavy (non-hydrogen) atoms. The van der Waals surface area contributed by atoms with Gasteiger partial charge in [-0.2, -0.15) is 0 Å². The fourth-order valence-electron chi connectivity index (χ4n) is 4.29. The lowest BCUT2D eigenvalue weighted by Gasteiger charge is -2.32. The highest BCUT2D eigenvalue weighted by Crippen LogP contribution is 2.27. The van der Waals surface area contributed by atoms with Gasteiger partial charge in [0.1, 0.15) is 0 Å². The number of aliphatic imine (C=N–C) groups is 1. The minimum Gasteiger partial charge on any atom is -0.379 e. The van der Waals surface area contributed by atoms with E-state index in [9.17, 15) is 0 Å². The summed E-state index contributed by atoms with van der Waals surface area (Å²) in [6.45, 7) is 16.6. The summed E-state index contributed by atoms with van der Waals surface area (Å²) in [7, 11) is 0. The minimum atomic E-state index is 0.0232.